The molecule has 0 aliphatic carbocycles. The molecule has 0 fully saturated rings. The van der Waals surface area contributed by atoms with E-state index in [1.165, 1.54) is 0 Å². The van der Waals surface area contributed by atoms with E-state index < -0.39 is 6.10 Å². The van der Waals surface area contributed by atoms with E-state index in [1.807, 2.05) is 54.6 Å². The fourth-order valence-corrected chi connectivity index (χ4v) is 3.76. The SMILES string of the molecule is CC(C)(C)NCC(O)COc1ccc(Nc2ncc(Br)c(Sc3ccccc3)n2)cc1. The van der Waals surface area contributed by atoms with Crippen LogP contribution in [0, 0.1) is 0 Å². The minimum absolute atomic E-state index is 0.0388. The summed E-state index contributed by atoms with van der Waals surface area (Å²) >= 11 is 5.09. The van der Waals surface area contributed by atoms with Crippen molar-refractivity contribution in [2.45, 2.75) is 42.3 Å². The van der Waals surface area contributed by atoms with Crippen molar-refractivity contribution in [3.05, 3.63) is 65.3 Å². The van der Waals surface area contributed by atoms with Crippen LogP contribution in [-0.4, -0.2) is 39.9 Å². The molecular formula is C23H27BrN4O2S. The summed E-state index contributed by atoms with van der Waals surface area (Å²) in [6.45, 7) is 6.89. The fraction of sp³-hybridized carbons (Fsp3) is 0.304. The number of β-amino-alcohol motifs (C(OH)–C–C–N with tert-alkyl or cyclic N) is 1. The number of hydrogen-bond acceptors (Lipinski definition) is 7. The van der Waals surface area contributed by atoms with Gasteiger partial charge in [-0.3, -0.25) is 0 Å². The van der Waals surface area contributed by atoms with Gasteiger partial charge in [-0.1, -0.05) is 30.0 Å². The second-order valence-electron chi connectivity index (χ2n) is 8.01. The molecule has 0 aliphatic heterocycles. The smallest absolute Gasteiger partial charge is 0.228 e. The summed E-state index contributed by atoms with van der Waals surface area (Å²) in [5, 5.41) is 17.4. The molecule has 3 rings (SSSR count). The van der Waals surface area contributed by atoms with Gasteiger partial charge in [0, 0.05) is 28.9 Å². The molecule has 0 spiro atoms. The third kappa shape index (κ3) is 8.14. The molecule has 3 aromatic rings. The molecule has 6 nitrogen and oxygen atoms in total. The molecule has 8 heteroatoms. The third-order valence-electron chi connectivity index (χ3n) is 4.09. The first-order valence-corrected chi connectivity index (χ1v) is 11.6. The van der Waals surface area contributed by atoms with Crippen molar-refractivity contribution in [3.63, 3.8) is 0 Å². The average Bonchev–Trinajstić information content (AvgIpc) is 2.74. The number of aromatic nitrogens is 2. The maximum absolute atomic E-state index is 10.1. The van der Waals surface area contributed by atoms with E-state index in [0.717, 1.165) is 20.1 Å². The molecule has 31 heavy (non-hydrogen) atoms. The second kappa shape index (κ2) is 10.9. The lowest BCUT2D eigenvalue weighted by Crippen LogP contribution is -2.42. The first-order chi connectivity index (χ1) is 14.8. The molecule has 0 radical (unpaired) electrons. The number of nitrogens with one attached hydrogen (secondary N) is 2. The fourth-order valence-electron chi connectivity index (χ4n) is 2.52. The van der Waals surface area contributed by atoms with Gasteiger partial charge in [-0.25, -0.2) is 9.97 Å². The third-order valence-corrected chi connectivity index (χ3v) is 5.95. The highest BCUT2D eigenvalue weighted by Gasteiger charge is 2.13. The molecule has 0 saturated carbocycles. The van der Waals surface area contributed by atoms with E-state index in [2.05, 4.69) is 57.3 Å². The van der Waals surface area contributed by atoms with Crippen LogP contribution in [0.25, 0.3) is 0 Å². The van der Waals surface area contributed by atoms with Crippen LogP contribution in [0.2, 0.25) is 0 Å². The Morgan fingerprint density at radius 1 is 1.10 bits per heavy atom. The lowest BCUT2D eigenvalue weighted by molar-refractivity contribution is 0.100. The number of ether oxygens (including phenoxy) is 1. The van der Waals surface area contributed by atoms with Gasteiger partial charge in [0.15, 0.2) is 0 Å². The predicted octanol–water partition coefficient (Wildman–Crippen LogP) is 5.26. The molecular weight excluding hydrogens is 476 g/mol. The van der Waals surface area contributed by atoms with E-state index in [4.69, 9.17) is 4.74 Å². The Hall–Kier alpha value is -2.13. The molecule has 1 unspecified atom stereocenters. The van der Waals surface area contributed by atoms with Crippen molar-refractivity contribution in [1.82, 2.24) is 15.3 Å². The van der Waals surface area contributed by atoms with Crippen molar-refractivity contribution in [1.29, 1.82) is 0 Å². The van der Waals surface area contributed by atoms with Crippen LogP contribution in [-0.2, 0) is 0 Å². The van der Waals surface area contributed by atoms with Gasteiger partial charge in [-0.15, -0.1) is 0 Å². The summed E-state index contributed by atoms with van der Waals surface area (Å²) in [5.41, 5.74) is 0.809. The number of aliphatic hydroxyl groups excluding tert-OH is 1. The molecule has 1 heterocycles. The van der Waals surface area contributed by atoms with E-state index in [0.29, 0.717) is 18.2 Å². The quantitative estimate of drug-likeness (QED) is 0.344. The topological polar surface area (TPSA) is 79.3 Å². The van der Waals surface area contributed by atoms with Gasteiger partial charge < -0.3 is 20.5 Å². The Kier molecular flexibility index (Phi) is 8.31. The number of hydrogen-bond donors (Lipinski definition) is 3. The zero-order chi connectivity index (χ0) is 22.3. The Morgan fingerprint density at radius 3 is 2.48 bits per heavy atom. The Morgan fingerprint density at radius 2 is 1.81 bits per heavy atom. The largest absolute Gasteiger partial charge is 0.491 e. The summed E-state index contributed by atoms with van der Waals surface area (Å²) in [6, 6.07) is 17.6. The Balaban J connectivity index is 1.55. The molecule has 1 aromatic heterocycles. The summed E-state index contributed by atoms with van der Waals surface area (Å²) in [5.74, 6) is 1.20. The number of anilines is 2. The van der Waals surface area contributed by atoms with Gasteiger partial charge in [0.05, 0.1) is 4.47 Å². The monoisotopic (exact) mass is 502 g/mol. The standard InChI is InChI=1S/C23H27BrN4O2S/c1-23(2,3)26-13-17(29)15-30-18-11-9-16(10-12-18)27-22-25-14-20(24)21(28-22)31-19-7-5-4-6-8-19/h4-12,14,17,26,29H,13,15H2,1-3H3,(H,25,27,28). The van der Waals surface area contributed by atoms with Gasteiger partial charge >= 0.3 is 0 Å². The maximum atomic E-state index is 10.1. The Labute approximate surface area is 196 Å². The van der Waals surface area contributed by atoms with E-state index in [-0.39, 0.29) is 12.1 Å². The van der Waals surface area contributed by atoms with Gasteiger partial charge in [0.25, 0.3) is 0 Å². The van der Waals surface area contributed by atoms with Gasteiger partial charge in [-0.2, -0.15) is 0 Å². The summed E-state index contributed by atoms with van der Waals surface area (Å²) in [7, 11) is 0. The summed E-state index contributed by atoms with van der Waals surface area (Å²) in [6.07, 6.45) is 1.17. The van der Waals surface area contributed by atoms with Gasteiger partial charge in [0.1, 0.15) is 23.5 Å². The van der Waals surface area contributed by atoms with Crippen molar-refractivity contribution in [3.8, 4) is 5.75 Å². The molecule has 164 valence electrons. The number of benzene rings is 2. The lowest BCUT2D eigenvalue weighted by atomic mass is 10.1. The van der Waals surface area contributed by atoms with E-state index >= 15 is 0 Å². The molecule has 0 amide bonds. The van der Waals surface area contributed by atoms with E-state index in [9.17, 15) is 5.11 Å². The second-order valence-corrected chi connectivity index (χ2v) is 9.92. The van der Waals surface area contributed by atoms with Crippen LogP contribution in [0.3, 0.4) is 0 Å². The van der Waals surface area contributed by atoms with Gasteiger partial charge in [-0.05, 0) is 73.1 Å². The zero-order valence-corrected chi connectivity index (χ0v) is 20.2. The minimum Gasteiger partial charge on any atom is -0.491 e. The zero-order valence-electron chi connectivity index (χ0n) is 17.8. The molecule has 0 bridgehead atoms. The first kappa shape index (κ1) is 23.5. The molecule has 1 atom stereocenters. The highest BCUT2D eigenvalue weighted by molar-refractivity contribution is 9.10. The van der Waals surface area contributed by atoms with Crippen LogP contribution < -0.4 is 15.4 Å². The maximum Gasteiger partial charge on any atom is 0.228 e. The number of nitrogens with zero attached hydrogens (tertiary/aromatic N) is 2. The lowest BCUT2D eigenvalue weighted by Gasteiger charge is -2.23. The minimum atomic E-state index is -0.575. The first-order valence-electron chi connectivity index (χ1n) is 9.97. The summed E-state index contributed by atoms with van der Waals surface area (Å²) < 4.78 is 6.52. The van der Waals surface area contributed by atoms with Crippen molar-refractivity contribution in [2.75, 3.05) is 18.5 Å². The molecule has 3 N–H and O–H groups in total. The number of aliphatic hydroxyl groups is 1. The number of rotatable bonds is 9. The Bertz CT molecular complexity index is 966. The highest BCUT2D eigenvalue weighted by atomic mass is 79.9. The number of halogens is 1. The van der Waals surface area contributed by atoms with Crippen molar-refractivity contribution >= 4 is 39.3 Å². The summed E-state index contributed by atoms with van der Waals surface area (Å²) in [4.78, 5) is 10.1. The van der Waals surface area contributed by atoms with Crippen LogP contribution >= 0.6 is 27.7 Å². The van der Waals surface area contributed by atoms with Crippen molar-refractivity contribution < 1.29 is 9.84 Å². The predicted molar refractivity (Wildman–Crippen MR) is 129 cm³/mol. The molecule has 0 aliphatic rings. The molecule has 0 saturated heterocycles. The average molecular weight is 503 g/mol. The molecule has 2 aromatic carbocycles. The van der Waals surface area contributed by atoms with Gasteiger partial charge in [0.2, 0.25) is 5.95 Å². The van der Waals surface area contributed by atoms with Crippen LogP contribution in [0.1, 0.15) is 20.8 Å². The van der Waals surface area contributed by atoms with Crippen molar-refractivity contribution in [2.24, 2.45) is 0 Å². The van der Waals surface area contributed by atoms with Crippen LogP contribution in [0.4, 0.5) is 11.6 Å². The van der Waals surface area contributed by atoms with Crippen LogP contribution in [0.5, 0.6) is 5.75 Å². The normalized spacial score (nSPS) is 12.4. The van der Waals surface area contributed by atoms with E-state index in [1.54, 1.807) is 18.0 Å². The highest BCUT2D eigenvalue weighted by Crippen LogP contribution is 2.32. The van der Waals surface area contributed by atoms with Crippen LogP contribution in [0.15, 0.2) is 75.2 Å².